The maximum atomic E-state index is 11.1. The molecule has 1 N–H and O–H groups in total. The van der Waals surface area contributed by atoms with Crippen LogP contribution in [-0.4, -0.2) is 37.3 Å². The van der Waals surface area contributed by atoms with Crippen molar-refractivity contribution in [3.63, 3.8) is 0 Å². The van der Waals surface area contributed by atoms with Gasteiger partial charge in [-0.15, -0.1) is 0 Å². The number of hydroxylamine groups is 2. The number of carbonyl (C=O) groups excluding carboxylic acids is 2. The molecule has 6 heteroatoms. The molecule has 0 heterocycles. The molecule has 1 atom stereocenters. The standard InChI is InChI=1S/C6H12N2O4/c1-4(7-6(10)11)5(9)8(2)12-3/h4,7H,1-3H3,(H,10,11)/p-1/t4-/m0/s1. The lowest BCUT2D eigenvalue weighted by molar-refractivity contribution is -0.252. The molecule has 0 aromatic rings. The van der Waals surface area contributed by atoms with E-state index in [1.807, 2.05) is 5.32 Å². The van der Waals surface area contributed by atoms with Gasteiger partial charge in [0.05, 0.1) is 7.11 Å². The summed E-state index contributed by atoms with van der Waals surface area (Å²) in [5.74, 6) is -0.485. The summed E-state index contributed by atoms with van der Waals surface area (Å²) in [7, 11) is 2.69. The molecule has 0 radical (unpaired) electrons. The molecule has 0 saturated heterocycles. The quantitative estimate of drug-likeness (QED) is 0.520. The predicted molar refractivity (Wildman–Crippen MR) is 37.8 cm³/mol. The van der Waals surface area contributed by atoms with Crippen molar-refractivity contribution in [1.29, 1.82) is 0 Å². The van der Waals surface area contributed by atoms with Crippen LogP contribution < -0.4 is 10.4 Å². The monoisotopic (exact) mass is 175 g/mol. The Balaban J connectivity index is 4.01. The first-order valence-corrected chi connectivity index (χ1v) is 3.28. The minimum Gasteiger partial charge on any atom is -0.530 e. The molecular weight excluding hydrogens is 164 g/mol. The molecule has 0 unspecified atom stereocenters. The molecule has 6 nitrogen and oxygen atoms in total. The zero-order chi connectivity index (χ0) is 9.72. The summed E-state index contributed by atoms with van der Waals surface area (Å²) < 4.78 is 0. The summed E-state index contributed by atoms with van der Waals surface area (Å²) in [6, 6.07) is -0.861. The van der Waals surface area contributed by atoms with Crippen LogP contribution in [0.2, 0.25) is 0 Å². The molecule has 0 bridgehead atoms. The van der Waals surface area contributed by atoms with Gasteiger partial charge in [0.2, 0.25) is 0 Å². The van der Waals surface area contributed by atoms with E-state index in [1.54, 1.807) is 0 Å². The van der Waals surface area contributed by atoms with Crippen LogP contribution in [0.5, 0.6) is 0 Å². The van der Waals surface area contributed by atoms with Gasteiger partial charge in [-0.25, -0.2) is 5.06 Å². The number of likely N-dealkylation sites (N-methyl/N-ethyl adjacent to an activating group) is 1. The highest BCUT2D eigenvalue weighted by Gasteiger charge is 2.16. The largest absolute Gasteiger partial charge is 0.530 e. The molecule has 0 spiro atoms. The molecule has 0 aliphatic rings. The summed E-state index contributed by atoms with van der Waals surface area (Å²) >= 11 is 0. The number of rotatable bonds is 3. The van der Waals surface area contributed by atoms with E-state index in [-0.39, 0.29) is 0 Å². The molecule has 0 aliphatic carbocycles. The second-order valence-corrected chi connectivity index (χ2v) is 2.17. The first-order valence-electron chi connectivity index (χ1n) is 3.28. The van der Waals surface area contributed by atoms with Crippen LogP contribution in [0.1, 0.15) is 6.92 Å². The van der Waals surface area contributed by atoms with Crippen LogP contribution in [0.25, 0.3) is 0 Å². The van der Waals surface area contributed by atoms with E-state index < -0.39 is 18.0 Å². The summed E-state index contributed by atoms with van der Waals surface area (Å²) in [6.07, 6.45) is -1.49. The van der Waals surface area contributed by atoms with Gasteiger partial charge in [-0.1, -0.05) is 0 Å². The second kappa shape index (κ2) is 4.55. The lowest BCUT2D eigenvalue weighted by Gasteiger charge is -2.20. The zero-order valence-electron chi connectivity index (χ0n) is 7.16. The van der Waals surface area contributed by atoms with Crippen molar-refractivity contribution in [3.05, 3.63) is 0 Å². The summed E-state index contributed by atoms with van der Waals surface area (Å²) in [5.41, 5.74) is 0. The summed E-state index contributed by atoms with van der Waals surface area (Å²) in [5, 5.41) is 12.8. The molecule has 70 valence electrons. The lowest BCUT2D eigenvalue weighted by atomic mass is 10.3. The predicted octanol–water partition coefficient (Wildman–Crippen LogP) is -1.67. The zero-order valence-corrected chi connectivity index (χ0v) is 7.16. The van der Waals surface area contributed by atoms with Crippen molar-refractivity contribution in [2.24, 2.45) is 0 Å². The van der Waals surface area contributed by atoms with Gasteiger partial charge in [-0.2, -0.15) is 0 Å². The van der Waals surface area contributed by atoms with E-state index in [4.69, 9.17) is 0 Å². The molecule has 0 aliphatic heterocycles. The van der Waals surface area contributed by atoms with Gasteiger partial charge in [0.15, 0.2) is 0 Å². The fourth-order valence-electron chi connectivity index (χ4n) is 0.601. The summed E-state index contributed by atoms with van der Waals surface area (Å²) in [6.45, 7) is 1.40. The maximum absolute atomic E-state index is 11.1. The minimum absolute atomic E-state index is 0.485. The first-order chi connectivity index (χ1) is 5.49. The third-order valence-corrected chi connectivity index (χ3v) is 1.29. The SMILES string of the molecule is CON(C)C(=O)[C@H](C)NC(=O)[O-]. The average molecular weight is 175 g/mol. The Morgan fingerprint density at radius 3 is 2.42 bits per heavy atom. The highest BCUT2D eigenvalue weighted by Crippen LogP contribution is 1.90. The van der Waals surface area contributed by atoms with E-state index in [9.17, 15) is 14.7 Å². The van der Waals surface area contributed by atoms with Gasteiger partial charge in [0.1, 0.15) is 12.1 Å². The maximum Gasteiger partial charge on any atom is 0.268 e. The molecule has 2 amide bonds. The smallest absolute Gasteiger partial charge is 0.268 e. The Morgan fingerprint density at radius 1 is 1.58 bits per heavy atom. The van der Waals surface area contributed by atoms with Crippen molar-refractivity contribution < 1.29 is 19.5 Å². The third kappa shape index (κ3) is 3.20. The van der Waals surface area contributed by atoms with Gasteiger partial charge in [0.25, 0.3) is 5.91 Å². The van der Waals surface area contributed by atoms with Gasteiger partial charge in [-0.05, 0) is 6.92 Å². The minimum atomic E-state index is -1.49. The van der Waals surface area contributed by atoms with Crippen molar-refractivity contribution >= 4 is 12.0 Å². The van der Waals surface area contributed by atoms with Gasteiger partial charge in [0, 0.05) is 7.05 Å². The molecule has 12 heavy (non-hydrogen) atoms. The Kier molecular flexibility index (Phi) is 4.06. The first kappa shape index (κ1) is 10.7. The van der Waals surface area contributed by atoms with Crippen LogP contribution in [0.4, 0.5) is 4.79 Å². The van der Waals surface area contributed by atoms with E-state index in [1.165, 1.54) is 21.1 Å². The Labute approximate surface area is 70.1 Å². The van der Waals surface area contributed by atoms with Crippen molar-refractivity contribution in [2.75, 3.05) is 14.2 Å². The topological polar surface area (TPSA) is 81.7 Å². The Bertz CT molecular complexity index is 182. The van der Waals surface area contributed by atoms with Crippen molar-refractivity contribution in [3.8, 4) is 0 Å². The molecule has 0 rings (SSSR count). The highest BCUT2D eigenvalue weighted by atomic mass is 16.7. The van der Waals surface area contributed by atoms with Gasteiger partial charge in [-0.3, -0.25) is 9.63 Å². The number of carbonyl (C=O) groups is 2. The molecular formula is C6H11N2O4-. The number of nitrogens with one attached hydrogen (secondary N) is 1. The third-order valence-electron chi connectivity index (χ3n) is 1.29. The van der Waals surface area contributed by atoms with E-state index in [0.717, 1.165) is 5.06 Å². The fourth-order valence-corrected chi connectivity index (χ4v) is 0.601. The average Bonchev–Trinajstić information content (AvgIpc) is 2.00. The molecule has 0 aromatic carbocycles. The van der Waals surface area contributed by atoms with Crippen LogP contribution in [0, 0.1) is 0 Å². The highest BCUT2D eigenvalue weighted by molar-refractivity contribution is 5.83. The van der Waals surface area contributed by atoms with Crippen LogP contribution >= 0.6 is 0 Å². The lowest BCUT2D eigenvalue weighted by Crippen LogP contribution is -2.49. The van der Waals surface area contributed by atoms with E-state index in [2.05, 4.69) is 4.84 Å². The molecule has 0 fully saturated rings. The Morgan fingerprint density at radius 2 is 2.08 bits per heavy atom. The number of nitrogens with zero attached hydrogens (tertiary/aromatic N) is 1. The van der Waals surface area contributed by atoms with E-state index >= 15 is 0 Å². The normalized spacial score (nSPS) is 11.9. The fraction of sp³-hybridized carbons (Fsp3) is 0.667. The van der Waals surface area contributed by atoms with E-state index in [0.29, 0.717) is 0 Å². The Hall–Kier alpha value is -1.30. The number of hydrogen-bond donors (Lipinski definition) is 1. The van der Waals surface area contributed by atoms with Crippen LogP contribution in [0.15, 0.2) is 0 Å². The number of amides is 2. The van der Waals surface area contributed by atoms with Crippen LogP contribution in [-0.2, 0) is 9.63 Å². The molecule has 0 aromatic heterocycles. The second-order valence-electron chi connectivity index (χ2n) is 2.17. The summed E-state index contributed by atoms with van der Waals surface area (Å²) in [4.78, 5) is 25.6. The van der Waals surface area contributed by atoms with Crippen molar-refractivity contribution in [1.82, 2.24) is 10.4 Å². The van der Waals surface area contributed by atoms with Crippen molar-refractivity contribution in [2.45, 2.75) is 13.0 Å². The molecule has 0 saturated carbocycles. The van der Waals surface area contributed by atoms with Crippen LogP contribution in [0.3, 0.4) is 0 Å². The van der Waals surface area contributed by atoms with Gasteiger partial charge >= 0.3 is 0 Å². The number of carboxylic acid groups (broad SMARTS) is 1. The van der Waals surface area contributed by atoms with Gasteiger partial charge < -0.3 is 15.2 Å². The number of hydrogen-bond acceptors (Lipinski definition) is 4.